The number of nitrogens with zero attached hydrogens (tertiary/aromatic N) is 1. The number of carbonyl (C=O) groups is 3. The third kappa shape index (κ3) is 9.49. The van der Waals surface area contributed by atoms with Gasteiger partial charge in [0.25, 0.3) is 0 Å². The summed E-state index contributed by atoms with van der Waals surface area (Å²) >= 11 is 0. The average molecular weight is 526 g/mol. The van der Waals surface area contributed by atoms with E-state index in [1.165, 1.54) is 4.90 Å². The number of rotatable bonds is 9. The standard InChI is InChI=1S/C30H43N3O5/c1-20-14-15-21(2)23(18-20)25(26(35)32-29(3,4)5)33(16-17-34)27(36)24(19-22-12-10-9-11-13-22)31-28(37)38-30(6,7)8/h9-15,18,24-25,34H,16-17,19H2,1-8H3,(H,31,37)(H,32,35). The highest BCUT2D eigenvalue weighted by Gasteiger charge is 2.37. The Bertz CT molecular complexity index is 1100. The average Bonchev–Trinajstić information content (AvgIpc) is 2.78. The molecule has 38 heavy (non-hydrogen) atoms. The van der Waals surface area contributed by atoms with Gasteiger partial charge in [-0.1, -0.05) is 54.1 Å². The van der Waals surface area contributed by atoms with Crippen molar-refractivity contribution in [2.75, 3.05) is 13.2 Å². The van der Waals surface area contributed by atoms with E-state index in [1.54, 1.807) is 20.8 Å². The van der Waals surface area contributed by atoms with Crippen LogP contribution in [-0.2, 0) is 20.7 Å². The normalized spacial score (nSPS) is 13.3. The van der Waals surface area contributed by atoms with Gasteiger partial charge in [-0.15, -0.1) is 0 Å². The van der Waals surface area contributed by atoms with E-state index in [-0.39, 0.29) is 25.5 Å². The van der Waals surface area contributed by atoms with Gasteiger partial charge in [-0.2, -0.15) is 0 Å². The zero-order valence-electron chi connectivity index (χ0n) is 23.9. The quantitative estimate of drug-likeness (QED) is 0.454. The lowest BCUT2D eigenvalue weighted by Gasteiger charge is -2.36. The Morgan fingerprint density at radius 1 is 0.974 bits per heavy atom. The fourth-order valence-corrected chi connectivity index (χ4v) is 4.12. The molecule has 8 heteroatoms. The van der Waals surface area contributed by atoms with Crippen molar-refractivity contribution in [1.82, 2.24) is 15.5 Å². The summed E-state index contributed by atoms with van der Waals surface area (Å²) < 4.78 is 5.44. The second-order valence-corrected chi connectivity index (χ2v) is 11.6. The number of hydrogen-bond acceptors (Lipinski definition) is 5. The molecule has 0 radical (unpaired) electrons. The van der Waals surface area contributed by atoms with Gasteiger partial charge in [-0.05, 0) is 72.1 Å². The van der Waals surface area contributed by atoms with E-state index in [0.29, 0.717) is 5.56 Å². The number of aliphatic hydroxyl groups excluding tert-OH is 1. The van der Waals surface area contributed by atoms with Gasteiger partial charge >= 0.3 is 6.09 Å². The molecule has 0 heterocycles. The second kappa shape index (κ2) is 12.9. The van der Waals surface area contributed by atoms with Gasteiger partial charge in [0, 0.05) is 18.5 Å². The fourth-order valence-electron chi connectivity index (χ4n) is 4.12. The van der Waals surface area contributed by atoms with Crippen LogP contribution in [0.15, 0.2) is 48.5 Å². The number of aliphatic hydroxyl groups is 1. The van der Waals surface area contributed by atoms with E-state index in [2.05, 4.69) is 10.6 Å². The number of ether oxygens (including phenoxy) is 1. The van der Waals surface area contributed by atoms with Crippen molar-refractivity contribution in [2.24, 2.45) is 0 Å². The summed E-state index contributed by atoms with van der Waals surface area (Å²) in [6.45, 7) is 14.2. The van der Waals surface area contributed by atoms with Crippen molar-refractivity contribution in [3.05, 3.63) is 70.8 Å². The van der Waals surface area contributed by atoms with Gasteiger partial charge in [0.15, 0.2) is 0 Å². The Morgan fingerprint density at radius 2 is 1.61 bits per heavy atom. The number of amides is 3. The molecule has 2 atom stereocenters. The molecule has 3 N–H and O–H groups in total. The first-order valence-corrected chi connectivity index (χ1v) is 13.0. The predicted molar refractivity (Wildman–Crippen MR) is 149 cm³/mol. The molecular formula is C30H43N3O5. The molecule has 0 aliphatic heterocycles. The first-order valence-electron chi connectivity index (χ1n) is 13.0. The third-order valence-electron chi connectivity index (χ3n) is 5.68. The van der Waals surface area contributed by atoms with Gasteiger partial charge in [-0.25, -0.2) is 4.79 Å². The number of alkyl carbamates (subject to hydrolysis) is 1. The van der Waals surface area contributed by atoms with Crippen LogP contribution in [0.1, 0.15) is 69.8 Å². The Morgan fingerprint density at radius 3 is 2.16 bits per heavy atom. The van der Waals surface area contributed by atoms with Crippen LogP contribution in [0.25, 0.3) is 0 Å². The van der Waals surface area contributed by atoms with Crippen LogP contribution >= 0.6 is 0 Å². The van der Waals surface area contributed by atoms with Crippen molar-refractivity contribution in [2.45, 2.75) is 85.0 Å². The topological polar surface area (TPSA) is 108 Å². The van der Waals surface area contributed by atoms with Crippen LogP contribution in [0.2, 0.25) is 0 Å². The molecule has 2 aromatic rings. The van der Waals surface area contributed by atoms with E-state index in [1.807, 2.05) is 83.1 Å². The monoisotopic (exact) mass is 525 g/mol. The molecular weight excluding hydrogens is 482 g/mol. The highest BCUT2D eigenvalue weighted by Crippen LogP contribution is 2.27. The minimum Gasteiger partial charge on any atom is -0.444 e. The molecule has 2 rings (SSSR count). The van der Waals surface area contributed by atoms with Crippen molar-refractivity contribution in [3.8, 4) is 0 Å². The zero-order chi connectivity index (χ0) is 28.7. The Hall–Kier alpha value is -3.39. The molecule has 0 aliphatic rings. The Kier molecular flexibility index (Phi) is 10.5. The van der Waals surface area contributed by atoms with E-state index in [0.717, 1.165) is 16.7 Å². The molecule has 3 amide bonds. The lowest BCUT2D eigenvalue weighted by Crippen LogP contribution is -2.56. The predicted octanol–water partition coefficient (Wildman–Crippen LogP) is 4.22. The van der Waals surface area contributed by atoms with Crippen LogP contribution in [0.4, 0.5) is 4.79 Å². The third-order valence-corrected chi connectivity index (χ3v) is 5.68. The van der Waals surface area contributed by atoms with Crippen LogP contribution in [-0.4, -0.2) is 58.2 Å². The molecule has 0 spiro atoms. The number of hydrogen-bond donors (Lipinski definition) is 3. The lowest BCUT2D eigenvalue weighted by molar-refractivity contribution is -0.143. The van der Waals surface area contributed by atoms with Crippen LogP contribution < -0.4 is 10.6 Å². The molecule has 0 aromatic heterocycles. The first kappa shape index (κ1) is 30.8. The van der Waals surface area contributed by atoms with E-state index in [9.17, 15) is 19.5 Å². The first-order chi connectivity index (χ1) is 17.6. The van der Waals surface area contributed by atoms with Crippen molar-refractivity contribution >= 4 is 17.9 Å². The Labute approximate surface area is 226 Å². The maximum atomic E-state index is 14.2. The lowest BCUT2D eigenvalue weighted by atomic mass is 9.94. The molecule has 208 valence electrons. The van der Waals surface area contributed by atoms with Gasteiger partial charge in [0.05, 0.1) is 6.61 Å². The van der Waals surface area contributed by atoms with Crippen LogP contribution in [0.5, 0.6) is 0 Å². The molecule has 0 saturated carbocycles. The van der Waals surface area contributed by atoms with E-state index < -0.39 is 35.2 Å². The number of nitrogens with one attached hydrogen (secondary N) is 2. The summed E-state index contributed by atoms with van der Waals surface area (Å²) in [5.74, 6) is -0.868. The molecule has 2 aromatic carbocycles. The molecule has 2 unspecified atom stereocenters. The highest BCUT2D eigenvalue weighted by atomic mass is 16.6. The van der Waals surface area contributed by atoms with Crippen molar-refractivity contribution < 1.29 is 24.2 Å². The zero-order valence-corrected chi connectivity index (χ0v) is 23.9. The van der Waals surface area contributed by atoms with E-state index >= 15 is 0 Å². The summed E-state index contributed by atoms with van der Waals surface area (Å²) in [4.78, 5) is 42.0. The van der Waals surface area contributed by atoms with E-state index in [4.69, 9.17) is 4.74 Å². The van der Waals surface area contributed by atoms with Crippen molar-refractivity contribution in [1.29, 1.82) is 0 Å². The fraction of sp³-hybridized carbons (Fsp3) is 0.500. The van der Waals surface area contributed by atoms with Gasteiger partial charge < -0.3 is 25.4 Å². The summed E-state index contributed by atoms with van der Waals surface area (Å²) in [6, 6.07) is 13.0. The van der Waals surface area contributed by atoms with Gasteiger partial charge in [-0.3, -0.25) is 9.59 Å². The molecule has 0 aliphatic carbocycles. The summed E-state index contributed by atoms with van der Waals surface area (Å²) in [6.07, 6.45) is -0.556. The number of carbonyl (C=O) groups excluding carboxylic acids is 3. The Balaban J connectivity index is 2.58. The van der Waals surface area contributed by atoms with Crippen LogP contribution in [0.3, 0.4) is 0 Å². The molecule has 0 fully saturated rings. The molecule has 8 nitrogen and oxygen atoms in total. The molecule has 0 bridgehead atoms. The number of benzene rings is 2. The maximum Gasteiger partial charge on any atom is 0.408 e. The summed E-state index contributed by atoms with van der Waals surface area (Å²) in [5.41, 5.74) is 1.93. The number of aryl methyl sites for hydroxylation is 2. The SMILES string of the molecule is Cc1ccc(C)c(C(C(=O)NC(C)(C)C)N(CCO)C(=O)C(Cc2ccccc2)NC(=O)OC(C)(C)C)c1. The van der Waals surface area contributed by atoms with Crippen LogP contribution in [0, 0.1) is 13.8 Å². The minimum atomic E-state index is -1.03. The summed E-state index contributed by atoms with van der Waals surface area (Å²) in [5, 5.41) is 15.7. The van der Waals surface area contributed by atoms with Gasteiger partial charge in [0.1, 0.15) is 17.7 Å². The minimum absolute atomic E-state index is 0.101. The maximum absolute atomic E-state index is 14.2. The summed E-state index contributed by atoms with van der Waals surface area (Å²) in [7, 11) is 0. The smallest absolute Gasteiger partial charge is 0.408 e. The molecule has 0 saturated heterocycles. The van der Waals surface area contributed by atoms with Crippen molar-refractivity contribution in [3.63, 3.8) is 0 Å². The van der Waals surface area contributed by atoms with Gasteiger partial charge in [0.2, 0.25) is 11.8 Å². The second-order valence-electron chi connectivity index (χ2n) is 11.6. The largest absolute Gasteiger partial charge is 0.444 e. The highest BCUT2D eigenvalue weighted by molar-refractivity contribution is 5.92.